The zero-order valence-corrected chi connectivity index (χ0v) is 7.38. The van der Waals surface area contributed by atoms with Crippen LogP contribution in [0.15, 0.2) is 18.2 Å². The quantitative estimate of drug-likeness (QED) is 0.647. The molecule has 1 fully saturated rings. The molecule has 0 unspecified atom stereocenters. The van der Waals surface area contributed by atoms with Crippen LogP contribution in [-0.4, -0.2) is 6.04 Å². The van der Waals surface area contributed by atoms with Gasteiger partial charge in [-0.05, 0) is 29.5 Å². The van der Waals surface area contributed by atoms with Gasteiger partial charge in [-0.2, -0.15) is 0 Å². The van der Waals surface area contributed by atoms with Crippen LogP contribution in [-0.2, 0) is 6.42 Å². The van der Waals surface area contributed by atoms with Crippen molar-refractivity contribution < 1.29 is 0 Å². The Morgan fingerprint density at radius 1 is 1.42 bits per heavy atom. The van der Waals surface area contributed by atoms with E-state index in [1.807, 2.05) is 12.1 Å². The van der Waals surface area contributed by atoms with Crippen LogP contribution in [0.4, 0.5) is 0 Å². The van der Waals surface area contributed by atoms with Gasteiger partial charge in [0.2, 0.25) is 0 Å². The van der Waals surface area contributed by atoms with Crippen molar-refractivity contribution >= 4 is 11.6 Å². The Bertz CT molecular complexity index is 348. The monoisotopic (exact) mass is 179 g/mol. The number of hydrogen-bond acceptors (Lipinski definition) is 1. The summed E-state index contributed by atoms with van der Waals surface area (Å²) in [5, 5.41) is 0.923. The molecule has 1 aromatic rings. The van der Waals surface area contributed by atoms with Gasteiger partial charge >= 0.3 is 0 Å². The molecule has 1 nitrogen and oxygen atoms in total. The van der Waals surface area contributed by atoms with E-state index in [0.717, 1.165) is 11.4 Å². The molecule has 2 aliphatic carbocycles. The average Bonchev–Trinajstić information content (AvgIpc) is 2.57. The highest BCUT2D eigenvalue weighted by molar-refractivity contribution is 6.31. The van der Waals surface area contributed by atoms with Crippen molar-refractivity contribution in [1.29, 1.82) is 0 Å². The van der Waals surface area contributed by atoms with Crippen LogP contribution in [0.3, 0.4) is 0 Å². The molecule has 0 aromatic heterocycles. The summed E-state index contributed by atoms with van der Waals surface area (Å²) in [5.74, 6) is 1.32. The number of halogens is 1. The minimum Gasteiger partial charge on any atom is -0.327 e. The molecule has 0 amide bonds. The van der Waals surface area contributed by atoms with E-state index in [0.29, 0.717) is 17.9 Å². The van der Waals surface area contributed by atoms with Crippen LogP contribution in [0.25, 0.3) is 0 Å². The van der Waals surface area contributed by atoms with E-state index in [2.05, 4.69) is 6.07 Å². The van der Waals surface area contributed by atoms with Crippen molar-refractivity contribution in [3.8, 4) is 0 Å². The van der Waals surface area contributed by atoms with E-state index < -0.39 is 0 Å². The Kier molecular flexibility index (Phi) is 1.18. The van der Waals surface area contributed by atoms with E-state index in [1.54, 1.807) is 0 Å². The molecule has 0 heterocycles. The Morgan fingerprint density at radius 2 is 2.25 bits per heavy atom. The minimum absolute atomic E-state index is 0.413. The molecule has 2 heteroatoms. The van der Waals surface area contributed by atoms with E-state index in [1.165, 1.54) is 11.1 Å². The highest BCUT2D eigenvalue weighted by atomic mass is 35.5. The van der Waals surface area contributed by atoms with Gasteiger partial charge in [0.15, 0.2) is 0 Å². The van der Waals surface area contributed by atoms with Gasteiger partial charge in [-0.3, -0.25) is 0 Å². The third-order valence-corrected chi connectivity index (χ3v) is 3.54. The van der Waals surface area contributed by atoms with E-state index in [4.69, 9.17) is 17.3 Å². The number of nitrogens with two attached hydrogens (primary N) is 1. The van der Waals surface area contributed by atoms with Crippen molar-refractivity contribution in [2.45, 2.75) is 18.4 Å². The Morgan fingerprint density at radius 3 is 3.08 bits per heavy atom. The lowest BCUT2D eigenvalue weighted by atomic mass is 10.1. The second-order valence-corrected chi connectivity index (χ2v) is 4.19. The standard InChI is InChI=1S/C10H10ClN/c11-8-3-1-2-5-6(8)4-7-9(5)10(7)12/h1-3,7,9-10H,4,12H2/t7-,9-,10-/m1/s1. The number of fused-ring (bicyclic) bond motifs is 3. The molecule has 0 radical (unpaired) electrons. The number of hydrogen-bond donors (Lipinski definition) is 1. The van der Waals surface area contributed by atoms with Gasteiger partial charge in [-0.1, -0.05) is 23.7 Å². The van der Waals surface area contributed by atoms with Gasteiger partial charge < -0.3 is 5.73 Å². The summed E-state index contributed by atoms with van der Waals surface area (Å²) in [6.07, 6.45) is 1.10. The second-order valence-electron chi connectivity index (χ2n) is 3.78. The third-order valence-electron chi connectivity index (χ3n) is 3.18. The first-order valence-electron chi connectivity index (χ1n) is 4.32. The Balaban J connectivity index is 2.16. The van der Waals surface area contributed by atoms with Gasteiger partial charge in [0.25, 0.3) is 0 Å². The molecule has 0 saturated heterocycles. The maximum atomic E-state index is 6.06. The zero-order valence-electron chi connectivity index (χ0n) is 6.63. The predicted octanol–water partition coefficient (Wildman–Crippen LogP) is 1.94. The maximum Gasteiger partial charge on any atom is 0.0440 e. The van der Waals surface area contributed by atoms with Crippen molar-refractivity contribution in [2.24, 2.45) is 11.7 Å². The summed E-state index contributed by atoms with van der Waals surface area (Å²) >= 11 is 6.06. The first-order valence-corrected chi connectivity index (χ1v) is 4.69. The lowest BCUT2D eigenvalue weighted by Crippen LogP contribution is -2.08. The summed E-state index contributed by atoms with van der Waals surface area (Å²) in [7, 11) is 0. The van der Waals surface area contributed by atoms with Gasteiger partial charge in [0, 0.05) is 17.0 Å². The molecule has 1 aromatic carbocycles. The SMILES string of the molecule is N[C@@H]1[C@@H]2Cc3c(Cl)cccc3[C@@H]12. The normalized spacial score (nSPS) is 36.0. The molecule has 0 aliphatic heterocycles. The predicted molar refractivity (Wildman–Crippen MR) is 49.4 cm³/mol. The van der Waals surface area contributed by atoms with Crippen LogP contribution in [0.5, 0.6) is 0 Å². The summed E-state index contributed by atoms with van der Waals surface area (Å²) < 4.78 is 0. The van der Waals surface area contributed by atoms with Crippen molar-refractivity contribution in [3.63, 3.8) is 0 Å². The molecule has 12 heavy (non-hydrogen) atoms. The van der Waals surface area contributed by atoms with Gasteiger partial charge in [0.05, 0.1) is 0 Å². The largest absolute Gasteiger partial charge is 0.327 e. The minimum atomic E-state index is 0.413. The van der Waals surface area contributed by atoms with E-state index in [-0.39, 0.29) is 0 Å². The van der Waals surface area contributed by atoms with Crippen LogP contribution in [0.2, 0.25) is 5.02 Å². The molecule has 1 saturated carbocycles. The van der Waals surface area contributed by atoms with Crippen molar-refractivity contribution in [1.82, 2.24) is 0 Å². The maximum absolute atomic E-state index is 6.06. The first-order chi connectivity index (χ1) is 5.79. The highest BCUT2D eigenvalue weighted by Gasteiger charge is 2.53. The van der Waals surface area contributed by atoms with Crippen LogP contribution in [0, 0.1) is 5.92 Å². The summed E-state index contributed by atoms with van der Waals surface area (Å²) in [6.45, 7) is 0. The van der Waals surface area contributed by atoms with Crippen LogP contribution in [0.1, 0.15) is 17.0 Å². The Labute approximate surface area is 76.5 Å². The average molecular weight is 180 g/mol. The van der Waals surface area contributed by atoms with Gasteiger partial charge in [-0.25, -0.2) is 0 Å². The Hall–Kier alpha value is -0.530. The smallest absolute Gasteiger partial charge is 0.0440 e. The zero-order chi connectivity index (χ0) is 8.29. The van der Waals surface area contributed by atoms with Crippen molar-refractivity contribution in [2.75, 3.05) is 0 Å². The first kappa shape index (κ1) is 6.93. The van der Waals surface area contributed by atoms with Gasteiger partial charge in [-0.15, -0.1) is 0 Å². The van der Waals surface area contributed by atoms with Crippen LogP contribution < -0.4 is 5.73 Å². The lowest BCUT2D eigenvalue weighted by molar-refractivity contribution is 0.801. The summed E-state index contributed by atoms with van der Waals surface area (Å²) in [5.41, 5.74) is 8.64. The highest BCUT2D eigenvalue weighted by Crippen LogP contribution is 2.56. The fraction of sp³-hybridized carbons (Fsp3) is 0.400. The summed E-state index contributed by atoms with van der Waals surface area (Å²) in [4.78, 5) is 0. The van der Waals surface area contributed by atoms with Crippen molar-refractivity contribution in [3.05, 3.63) is 34.3 Å². The summed E-state index contributed by atoms with van der Waals surface area (Å²) in [6, 6.07) is 6.57. The lowest BCUT2D eigenvalue weighted by Gasteiger charge is -2.05. The molecule has 2 aliphatic rings. The van der Waals surface area contributed by atoms with Gasteiger partial charge in [0.1, 0.15) is 0 Å². The molecular weight excluding hydrogens is 170 g/mol. The molecular formula is C10H10ClN. The fourth-order valence-electron chi connectivity index (χ4n) is 2.44. The molecule has 0 spiro atoms. The van der Waals surface area contributed by atoms with Crippen LogP contribution >= 0.6 is 11.6 Å². The third kappa shape index (κ3) is 0.686. The molecule has 62 valence electrons. The second kappa shape index (κ2) is 2.04. The number of rotatable bonds is 0. The molecule has 3 atom stereocenters. The van der Waals surface area contributed by atoms with E-state index in [9.17, 15) is 0 Å². The molecule has 0 bridgehead atoms. The topological polar surface area (TPSA) is 26.0 Å². The molecule has 3 rings (SSSR count). The molecule has 2 N–H and O–H groups in total. The van der Waals surface area contributed by atoms with E-state index >= 15 is 0 Å². The number of benzene rings is 1. The fourth-order valence-corrected chi connectivity index (χ4v) is 2.70.